The van der Waals surface area contributed by atoms with Gasteiger partial charge < -0.3 is 15.4 Å². The Kier molecular flexibility index (Phi) is 7.53. The number of nitrogens with zero attached hydrogens (tertiary/aromatic N) is 2. The van der Waals surface area contributed by atoms with E-state index in [0.717, 1.165) is 38.7 Å². The number of guanidine groups is 1. The molecule has 2 rings (SSSR count). The second-order valence-corrected chi connectivity index (χ2v) is 6.45. The van der Waals surface area contributed by atoms with Crippen LogP contribution in [-0.4, -0.2) is 49.2 Å². The molecule has 0 saturated carbocycles. The molecule has 2 unspecified atom stereocenters. The molecule has 1 aromatic rings. The maximum atomic E-state index is 5.84. The molecule has 5 heteroatoms. The van der Waals surface area contributed by atoms with Gasteiger partial charge in [-0.05, 0) is 38.8 Å². The molecule has 24 heavy (non-hydrogen) atoms. The summed E-state index contributed by atoms with van der Waals surface area (Å²) < 4.78 is 5.84. The van der Waals surface area contributed by atoms with E-state index in [0.29, 0.717) is 18.8 Å². The third-order valence-electron chi connectivity index (χ3n) is 4.10. The Balaban J connectivity index is 2.05. The molecule has 0 amide bonds. The van der Waals surface area contributed by atoms with E-state index in [1.807, 2.05) is 0 Å². The van der Waals surface area contributed by atoms with E-state index in [1.165, 1.54) is 11.1 Å². The lowest BCUT2D eigenvalue weighted by atomic mass is 10.1. The van der Waals surface area contributed by atoms with Gasteiger partial charge >= 0.3 is 0 Å². The van der Waals surface area contributed by atoms with Gasteiger partial charge in [0, 0.05) is 32.7 Å². The molecule has 0 aliphatic carbocycles. The van der Waals surface area contributed by atoms with Gasteiger partial charge in [-0.3, -0.25) is 4.90 Å². The Labute approximate surface area is 146 Å². The zero-order chi connectivity index (χ0) is 17.4. The molecular weight excluding hydrogens is 300 g/mol. The van der Waals surface area contributed by atoms with Gasteiger partial charge in [-0.15, -0.1) is 0 Å². The van der Waals surface area contributed by atoms with Crippen molar-refractivity contribution in [1.29, 1.82) is 0 Å². The van der Waals surface area contributed by atoms with Crippen molar-refractivity contribution >= 4 is 5.96 Å². The molecule has 1 heterocycles. The highest BCUT2D eigenvalue weighted by molar-refractivity contribution is 5.79. The van der Waals surface area contributed by atoms with Crippen molar-refractivity contribution in [2.75, 3.05) is 26.2 Å². The van der Waals surface area contributed by atoms with E-state index in [9.17, 15) is 0 Å². The Bertz CT molecular complexity index is 514. The molecule has 5 nitrogen and oxygen atoms in total. The third-order valence-corrected chi connectivity index (χ3v) is 4.10. The minimum atomic E-state index is 0.299. The van der Waals surface area contributed by atoms with Crippen molar-refractivity contribution in [3.8, 4) is 0 Å². The zero-order valence-electron chi connectivity index (χ0n) is 15.5. The minimum absolute atomic E-state index is 0.299. The van der Waals surface area contributed by atoms with Crippen LogP contribution in [0.4, 0.5) is 0 Å². The fourth-order valence-electron chi connectivity index (χ4n) is 3.19. The summed E-state index contributed by atoms with van der Waals surface area (Å²) in [6, 6.07) is 8.61. The van der Waals surface area contributed by atoms with Gasteiger partial charge in [0.25, 0.3) is 0 Å². The first-order chi connectivity index (χ1) is 11.6. The highest BCUT2D eigenvalue weighted by Crippen LogP contribution is 2.17. The van der Waals surface area contributed by atoms with Crippen LogP contribution in [-0.2, 0) is 17.8 Å². The Hall–Kier alpha value is -1.59. The number of nitrogens with one attached hydrogen (secondary N) is 2. The summed E-state index contributed by atoms with van der Waals surface area (Å²) >= 11 is 0. The first kappa shape index (κ1) is 18.7. The summed E-state index contributed by atoms with van der Waals surface area (Å²) in [5.41, 5.74) is 2.65. The van der Waals surface area contributed by atoms with Gasteiger partial charge in [-0.25, -0.2) is 4.99 Å². The number of benzene rings is 1. The molecule has 1 saturated heterocycles. The maximum Gasteiger partial charge on any atom is 0.191 e. The summed E-state index contributed by atoms with van der Waals surface area (Å²) in [6.07, 6.45) is 0.598. The van der Waals surface area contributed by atoms with Gasteiger partial charge in [-0.1, -0.05) is 24.3 Å². The predicted molar refractivity (Wildman–Crippen MR) is 100 cm³/mol. The molecule has 1 aliphatic rings. The molecule has 1 aliphatic heterocycles. The number of hydrogen-bond acceptors (Lipinski definition) is 3. The molecular formula is C19H32N4O. The van der Waals surface area contributed by atoms with Crippen molar-refractivity contribution in [1.82, 2.24) is 15.5 Å². The number of rotatable bonds is 6. The zero-order valence-corrected chi connectivity index (χ0v) is 15.5. The summed E-state index contributed by atoms with van der Waals surface area (Å²) in [5, 5.41) is 6.56. The first-order valence-electron chi connectivity index (χ1n) is 9.09. The lowest BCUT2D eigenvalue weighted by Crippen LogP contribution is -2.44. The van der Waals surface area contributed by atoms with Crippen LogP contribution in [0.2, 0.25) is 0 Å². The van der Waals surface area contributed by atoms with E-state index >= 15 is 0 Å². The van der Waals surface area contributed by atoms with Crippen LogP contribution in [0, 0.1) is 0 Å². The summed E-state index contributed by atoms with van der Waals surface area (Å²) in [5.74, 6) is 0.878. The van der Waals surface area contributed by atoms with Gasteiger partial charge in [0.2, 0.25) is 0 Å². The van der Waals surface area contributed by atoms with Crippen LogP contribution in [0.1, 0.15) is 38.8 Å². The van der Waals surface area contributed by atoms with E-state index in [4.69, 9.17) is 9.73 Å². The normalized spacial score (nSPS) is 21.3. The van der Waals surface area contributed by atoms with Crippen LogP contribution < -0.4 is 10.6 Å². The van der Waals surface area contributed by atoms with Gasteiger partial charge in [0.15, 0.2) is 5.96 Å². The Morgan fingerprint density at radius 1 is 1.08 bits per heavy atom. The van der Waals surface area contributed by atoms with E-state index in [-0.39, 0.29) is 0 Å². The number of hydrogen-bond donors (Lipinski definition) is 2. The van der Waals surface area contributed by atoms with Gasteiger partial charge in [0.05, 0.1) is 18.8 Å². The van der Waals surface area contributed by atoms with Crippen molar-refractivity contribution < 1.29 is 4.74 Å². The molecule has 0 radical (unpaired) electrons. The maximum absolute atomic E-state index is 5.84. The average Bonchev–Trinajstić information content (AvgIpc) is 2.53. The topological polar surface area (TPSA) is 48.9 Å². The average molecular weight is 332 g/mol. The minimum Gasteiger partial charge on any atom is -0.373 e. The molecule has 1 fully saturated rings. The van der Waals surface area contributed by atoms with Crippen LogP contribution in [0.5, 0.6) is 0 Å². The van der Waals surface area contributed by atoms with Crippen molar-refractivity contribution in [3.63, 3.8) is 0 Å². The first-order valence-corrected chi connectivity index (χ1v) is 9.09. The third kappa shape index (κ3) is 5.80. The highest BCUT2D eigenvalue weighted by atomic mass is 16.5. The quantitative estimate of drug-likeness (QED) is 0.620. The van der Waals surface area contributed by atoms with Crippen molar-refractivity contribution in [2.45, 2.75) is 53.0 Å². The second kappa shape index (κ2) is 9.64. The number of ether oxygens (including phenoxy) is 1. The number of aliphatic imine (C=N–C) groups is 1. The molecule has 0 bridgehead atoms. The second-order valence-electron chi connectivity index (χ2n) is 6.45. The molecule has 2 N–H and O–H groups in total. The van der Waals surface area contributed by atoms with E-state index in [1.54, 1.807) is 0 Å². The molecule has 1 aromatic carbocycles. The van der Waals surface area contributed by atoms with E-state index < -0.39 is 0 Å². The molecule has 2 atom stereocenters. The summed E-state index contributed by atoms with van der Waals surface area (Å²) in [6.45, 7) is 13.8. The molecule has 0 aromatic heterocycles. The molecule has 0 spiro atoms. The van der Waals surface area contributed by atoms with Gasteiger partial charge in [-0.2, -0.15) is 0 Å². The lowest BCUT2D eigenvalue weighted by molar-refractivity contribution is -0.0705. The largest absolute Gasteiger partial charge is 0.373 e. The lowest BCUT2D eigenvalue weighted by Gasteiger charge is -2.35. The van der Waals surface area contributed by atoms with Crippen LogP contribution in [0.15, 0.2) is 29.3 Å². The van der Waals surface area contributed by atoms with Crippen LogP contribution >= 0.6 is 0 Å². The summed E-state index contributed by atoms with van der Waals surface area (Å²) in [4.78, 5) is 7.19. The number of morpholine rings is 1. The Morgan fingerprint density at radius 3 is 2.25 bits per heavy atom. The van der Waals surface area contributed by atoms with Crippen molar-refractivity contribution in [2.24, 2.45) is 4.99 Å². The highest BCUT2D eigenvalue weighted by Gasteiger charge is 2.22. The monoisotopic (exact) mass is 332 g/mol. The fourth-order valence-corrected chi connectivity index (χ4v) is 3.19. The SMILES string of the molecule is CCNC(=NCc1ccccc1CN1CC(C)OC(C)C1)NCC. The summed E-state index contributed by atoms with van der Waals surface area (Å²) in [7, 11) is 0. The molecule has 134 valence electrons. The predicted octanol–water partition coefficient (Wildman–Crippen LogP) is 2.37. The standard InChI is InChI=1S/C19H32N4O/c1-5-20-19(21-6-2)22-11-17-9-7-8-10-18(17)14-23-12-15(3)24-16(4)13-23/h7-10,15-16H,5-6,11-14H2,1-4H3,(H2,20,21,22). The smallest absolute Gasteiger partial charge is 0.191 e. The van der Waals surface area contributed by atoms with E-state index in [2.05, 4.69) is 67.5 Å². The van der Waals surface area contributed by atoms with Crippen molar-refractivity contribution in [3.05, 3.63) is 35.4 Å². The Morgan fingerprint density at radius 2 is 1.67 bits per heavy atom. The van der Waals surface area contributed by atoms with Crippen LogP contribution in [0.3, 0.4) is 0 Å². The fraction of sp³-hybridized carbons (Fsp3) is 0.632. The van der Waals surface area contributed by atoms with Crippen LogP contribution in [0.25, 0.3) is 0 Å². The van der Waals surface area contributed by atoms with Gasteiger partial charge in [0.1, 0.15) is 0 Å².